The smallest absolute Gasteiger partial charge is 0.301 e. The number of Topliss-reactive ketones (excluding diaryl/α,β-unsaturated/α-hetero) is 1. The number of carbonyl (C=O) groups excluding carboxylic acids is 2. The minimum Gasteiger partial charge on any atom is -0.507 e. The third kappa shape index (κ3) is 3.69. The fraction of sp³-hybridized carbons (Fsp3) is 0.0833. The van der Waals surface area contributed by atoms with Crippen molar-refractivity contribution in [2.45, 2.75) is 6.04 Å². The first-order valence-corrected chi connectivity index (χ1v) is 11.5. The van der Waals surface area contributed by atoms with E-state index in [0.717, 1.165) is 9.17 Å². The van der Waals surface area contributed by atoms with Gasteiger partial charge >= 0.3 is 5.91 Å². The number of ether oxygens (including phenoxy) is 1. The second-order valence-corrected chi connectivity index (χ2v) is 9.21. The van der Waals surface area contributed by atoms with Gasteiger partial charge in [-0.1, -0.05) is 39.4 Å². The van der Waals surface area contributed by atoms with E-state index in [2.05, 4.69) is 25.9 Å². The van der Waals surface area contributed by atoms with Gasteiger partial charge in [-0.15, -0.1) is 0 Å². The first-order chi connectivity index (χ1) is 16.0. The summed E-state index contributed by atoms with van der Waals surface area (Å²) in [7, 11) is 1.58. The second kappa shape index (κ2) is 8.42. The molecule has 3 heterocycles. The van der Waals surface area contributed by atoms with Crippen molar-refractivity contribution in [2.75, 3.05) is 12.0 Å². The summed E-state index contributed by atoms with van der Waals surface area (Å²) in [6.45, 7) is 0. The Kier molecular flexibility index (Phi) is 5.43. The predicted molar refractivity (Wildman–Crippen MR) is 129 cm³/mol. The van der Waals surface area contributed by atoms with Gasteiger partial charge in [-0.05, 0) is 48.0 Å². The Hall–Kier alpha value is -3.56. The molecular weight excluding hydrogens is 506 g/mol. The largest absolute Gasteiger partial charge is 0.507 e. The van der Waals surface area contributed by atoms with Crippen molar-refractivity contribution < 1.29 is 19.4 Å². The lowest BCUT2D eigenvalue weighted by atomic mass is 9.96. The number of hydrogen-bond acceptors (Lipinski definition) is 7. The zero-order valence-electron chi connectivity index (χ0n) is 17.2. The molecule has 1 aliphatic heterocycles. The number of methoxy groups -OCH3 is 1. The Labute approximate surface area is 201 Å². The van der Waals surface area contributed by atoms with Crippen LogP contribution in [-0.2, 0) is 9.59 Å². The predicted octanol–water partition coefficient (Wildman–Crippen LogP) is 5.09. The number of halogens is 1. The van der Waals surface area contributed by atoms with Gasteiger partial charge in [-0.2, -0.15) is 0 Å². The highest BCUT2D eigenvalue weighted by molar-refractivity contribution is 9.10. The zero-order chi connectivity index (χ0) is 23.1. The number of nitrogens with zero attached hydrogens (tertiary/aromatic N) is 3. The molecule has 1 N–H and O–H groups in total. The van der Waals surface area contributed by atoms with Gasteiger partial charge in [0.05, 0.1) is 28.9 Å². The molecule has 1 unspecified atom stereocenters. The number of pyridine rings is 1. The van der Waals surface area contributed by atoms with Gasteiger partial charge in [0.25, 0.3) is 5.78 Å². The van der Waals surface area contributed by atoms with Crippen LogP contribution in [0, 0.1) is 0 Å². The van der Waals surface area contributed by atoms with E-state index < -0.39 is 17.7 Å². The van der Waals surface area contributed by atoms with Gasteiger partial charge in [0, 0.05) is 22.4 Å². The maximum Gasteiger partial charge on any atom is 0.301 e. The minimum absolute atomic E-state index is 0.00105. The molecule has 0 saturated carbocycles. The number of aliphatic hydroxyl groups excluding tert-OH is 1. The molecule has 1 amide bonds. The van der Waals surface area contributed by atoms with Crippen molar-refractivity contribution in [3.8, 4) is 5.75 Å². The number of thiazole rings is 1. The number of aromatic nitrogens is 2. The maximum absolute atomic E-state index is 13.3. The fourth-order valence-electron chi connectivity index (χ4n) is 3.81. The number of carbonyl (C=O) groups is 2. The number of amides is 1. The van der Waals surface area contributed by atoms with E-state index in [4.69, 9.17) is 4.74 Å². The van der Waals surface area contributed by atoms with Crippen molar-refractivity contribution in [3.05, 3.63) is 88.2 Å². The number of benzene rings is 2. The maximum atomic E-state index is 13.3. The molecule has 1 fully saturated rings. The van der Waals surface area contributed by atoms with Gasteiger partial charge in [-0.25, -0.2) is 4.98 Å². The van der Waals surface area contributed by atoms with E-state index in [1.807, 2.05) is 30.3 Å². The monoisotopic (exact) mass is 521 g/mol. The van der Waals surface area contributed by atoms with Crippen molar-refractivity contribution in [1.82, 2.24) is 9.97 Å². The Morgan fingerprint density at radius 3 is 2.64 bits per heavy atom. The topological polar surface area (TPSA) is 92.6 Å². The summed E-state index contributed by atoms with van der Waals surface area (Å²) in [5.41, 5.74) is 1.74. The summed E-state index contributed by atoms with van der Waals surface area (Å²) in [6.07, 6.45) is 3.03. The summed E-state index contributed by atoms with van der Waals surface area (Å²) >= 11 is 4.74. The third-order valence-corrected chi connectivity index (χ3v) is 6.86. The van der Waals surface area contributed by atoms with E-state index in [0.29, 0.717) is 27.5 Å². The van der Waals surface area contributed by atoms with Gasteiger partial charge in [0.15, 0.2) is 5.13 Å². The molecule has 0 radical (unpaired) electrons. The average Bonchev–Trinajstić information content (AvgIpc) is 3.37. The average molecular weight is 522 g/mol. The summed E-state index contributed by atoms with van der Waals surface area (Å²) in [6, 6.07) is 15.0. The summed E-state index contributed by atoms with van der Waals surface area (Å²) < 4.78 is 6.88. The second-order valence-electron chi connectivity index (χ2n) is 7.29. The van der Waals surface area contributed by atoms with Crippen LogP contribution in [-0.4, -0.2) is 33.9 Å². The number of aliphatic hydroxyl groups is 1. The van der Waals surface area contributed by atoms with E-state index >= 15 is 0 Å². The number of rotatable bonds is 4. The Morgan fingerprint density at radius 2 is 1.91 bits per heavy atom. The lowest BCUT2D eigenvalue weighted by Crippen LogP contribution is -2.29. The number of fused-ring (bicyclic) bond motifs is 1. The molecule has 1 aliphatic rings. The highest BCUT2D eigenvalue weighted by atomic mass is 79.9. The van der Waals surface area contributed by atoms with Crippen molar-refractivity contribution in [1.29, 1.82) is 0 Å². The fourth-order valence-corrected chi connectivity index (χ4v) is 5.25. The molecule has 2 aromatic heterocycles. The molecule has 164 valence electrons. The van der Waals surface area contributed by atoms with Crippen LogP contribution in [0.15, 0.2) is 77.0 Å². The molecule has 4 aromatic rings. The van der Waals surface area contributed by atoms with Gasteiger partial charge in [-0.3, -0.25) is 19.5 Å². The highest BCUT2D eigenvalue weighted by Crippen LogP contribution is 2.44. The molecule has 0 bridgehead atoms. The molecule has 7 nitrogen and oxygen atoms in total. The van der Waals surface area contributed by atoms with Crippen molar-refractivity contribution in [3.63, 3.8) is 0 Å². The molecule has 9 heteroatoms. The van der Waals surface area contributed by atoms with Crippen LogP contribution in [0.3, 0.4) is 0 Å². The van der Waals surface area contributed by atoms with Gasteiger partial charge in [0.2, 0.25) is 0 Å². The molecule has 2 aromatic carbocycles. The van der Waals surface area contributed by atoms with E-state index in [1.165, 1.54) is 28.6 Å². The minimum atomic E-state index is -0.849. The number of anilines is 1. The zero-order valence-corrected chi connectivity index (χ0v) is 19.6. The molecule has 5 rings (SSSR count). The van der Waals surface area contributed by atoms with Crippen LogP contribution >= 0.6 is 27.3 Å². The summed E-state index contributed by atoms with van der Waals surface area (Å²) in [4.78, 5) is 36.4. The molecule has 0 aliphatic carbocycles. The van der Waals surface area contributed by atoms with Crippen molar-refractivity contribution >= 4 is 60.1 Å². The lowest BCUT2D eigenvalue weighted by Gasteiger charge is -2.23. The highest BCUT2D eigenvalue weighted by Gasteiger charge is 2.48. The van der Waals surface area contributed by atoms with Crippen LogP contribution in [0.2, 0.25) is 0 Å². The van der Waals surface area contributed by atoms with Crippen LogP contribution in [0.1, 0.15) is 17.2 Å². The molecular formula is C24H16BrN3O4S. The summed E-state index contributed by atoms with van der Waals surface area (Å²) in [5.74, 6) is -1.11. The first kappa shape index (κ1) is 21.3. The van der Waals surface area contributed by atoms with Crippen LogP contribution in [0.4, 0.5) is 5.13 Å². The standard InChI is InChI=1S/C24H16BrN3O4S/c1-32-16-5-6-17-18(12-16)33-24(27-17)28-20(14-3-2-4-15(25)11-14)19(22(30)23(28)31)21(29)13-7-9-26-10-8-13/h2-12,20,29H,1H3/b21-19+. The summed E-state index contributed by atoms with van der Waals surface area (Å²) in [5, 5.41) is 11.4. The number of hydrogen-bond donors (Lipinski definition) is 1. The molecule has 33 heavy (non-hydrogen) atoms. The Bertz CT molecular complexity index is 1430. The Morgan fingerprint density at radius 1 is 1.12 bits per heavy atom. The number of ketones is 1. The van der Waals surface area contributed by atoms with Crippen LogP contribution < -0.4 is 9.64 Å². The Balaban J connectivity index is 1.73. The van der Waals surface area contributed by atoms with E-state index in [1.54, 1.807) is 31.4 Å². The SMILES string of the molecule is COc1ccc2nc(N3C(=O)C(=O)/C(=C(/O)c4ccncc4)C3c3cccc(Br)c3)sc2c1. The normalized spacial score (nSPS) is 17.6. The van der Waals surface area contributed by atoms with Gasteiger partial charge in [0.1, 0.15) is 11.5 Å². The first-order valence-electron chi connectivity index (χ1n) is 9.89. The molecule has 1 saturated heterocycles. The molecule has 0 spiro atoms. The van der Waals surface area contributed by atoms with Crippen LogP contribution in [0.5, 0.6) is 5.75 Å². The quantitative estimate of drug-likeness (QED) is 0.228. The lowest BCUT2D eigenvalue weighted by molar-refractivity contribution is -0.132. The van der Waals surface area contributed by atoms with E-state index in [-0.39, 0.29) is 11.3 Å². The van der Waals surface area contributed by atoms with Gasteiger partial charge < -0.3 is 9.84 Å². The third-order valence-electron chi connectivity index (χ3n) is 5.35. The van der Waals surface area contributed by atoms with Crippen molar-refractivity contribution in [2.24, 2.45) is 0 Å². The van der Waals surface area contributed by atoms with E-state index in [9.17, 15) is 14.7 Å². The van der Waals surface area contributed by atoms with Crippen LogP contribution in [0.25, 0.3) is 16.0 Å². The molecule has 1 atom stereocenters.